The Balaban J connectivity index is 1.26. The van der Waals surface area contributed by atoms with Gasteiger partial charge in [0.2, 0.25) is 5.91 Å². The molecule has 0 bridgehead atoms. The predicted molar refractivity (Wildman–Crippen MR) is 158 cm³/mol. The number of carboxylic acids is 1. The van der Waals surface area contributed by atoms with Crippen LogP contribution in [0.25, 0.3) is 33.3 Å². The van der Waals surface area contributed by atoms with Crippen LogP contribution in [0, 0.1) is 11.2 Å². The van der Waals surface area contributed by atoms with Crippen LogP contribution in [0.15, 0.2) is 91.3 Å². The Bertz CT molecular complexity index is 1760. The Hall–Kier alpha value is -4.98. The molecule has 3 N–H and O–H groups in total. The summed E-state index contributed by atoms with van der Waals surface area (Å²) in [5.41, 5.74) is 4.13. The Morgan fingerprint density at radius 3 is 2.43 bits per heavy atom. The molecular formula is C34H30FN3O4. The van der Waals surface area contributed by atoms with Crippen LogP contribution >= 0.6 is 0 Å². The lowest BCUT2D eigenvalue weighted by atomic mass is 9.73. The van der Waals surface area contributed by atoms with Crippen molar-refractivity contribution in [2.45, 2.75) is 25.7 Å². The van der Waals surface area contributed by atoms with Crippen LogP contribution in [0.5, 0.6) is 5.75 Å². The molecule has 5 aromatic rings. The van der Waals surface area contributed by atoms with Crippen molar-refractivity contribution in [2.75, 3.05) is 13.1 Å². The number of para-hydroxylation sites is 1. The number of piperidine rings is 1. The Morgan fingerprint density at radius 1 is 0.929 bits per heavy atom. The van der Waals surface area contributed by atoms with Crippen molar-refractivity contribution in [1.82, 2.24) is 14.9 Å². The number of nitrogens with one attached hydrogen (secondary N) is 1. The van der Waals surface area contributed by atoms with E-state index in [0.29, 0.717) is 11.1 Å². The number of aromatic nitrogens is 2. The third kappa shape index (κ3) is 5.23. The number of aromatic hydroxyl groups is 1. The molecule has 1 saturated heterocycles. The van der Waals surface area contributed by atoms with E-state index in [1.54, 1.807) is 47.6 Å². The molecule has 6 rings (SSSR count). The topological polar surface area (TPSA) is 107 Å². The first-order valence-corrected chi connectivity index (χ1v) is 13.9. The van der Waals surface area contributed by atoms with Gasteiger partial charge in [0.1, 0.15) is 11.6 Å². The summed E-state index contributed by atoms with van der Waals surface area (Å²) in [5, 5.41) is 21.5. The van der Waals surface area contributed by atoms with Crippen LogP contribution in [0.3, 0.4) is 0 Å². The van der Waals surface area contributed by atoms with Crippen LogP contribution in [0.1, 0.15) is 24.0 Å². The summed E-state index contributed by atoms with van der Waals surface area (Å²) in [5.74, 6) is -1.31. The van der Waals surface area contributed by atoms with Crippen molar-refractivity contribution >= 4 is 22.8 Å². The van der Waals surface area contributed by atoms with Crippen LogP contribution in [0.2, 0.25) is 0 Å². The van der Waals surface area contributed by atoms with E-state index in [1.807, 2.05) is 42.5 Å². The lowest BCUT2D eigenvalue weighted by molar-refractivity contribution is -0.154. The molecule has 1 fully saturated rings. The normalized spacial score (nSPS) is 14.6. The maximum atomic E-state index is 14.4. The van der Waals surface area contributed by atoms with Crippen molar-refractivity contribution in [3.8, 4) is 28.1 Å². The Kier molecular flexibility index (Phi) is 7.20. The number of hydrogen-bond acceptors (Lipinski definition) is 4. The zero-order valence-corrected chi connectivity index (χ0v) is 22.9. The number of amides is 1. The summed E-state index contributed by atoms with van der Waals surface area (Å²) in [6.45, 7) is 0.561. The second kappa shape index (κ2) is 11.1. The highest BCUT2D eigenvalue weighted by atomic mass is 19.1. The van der Waals surface area contributed by atoms with Gasteiger partial charge in [-0.1, -0.05) is 48.5 Å². The van der Waals surface area contributed by atoms with E-state index in [1.165, 1.54) is 6.07 Å². The lowest BCUT2D eigenvalue weighted by Gasteiger charge is -2.39. The molecule has 42 heavy (non-hydrogen) atoms. The number of aromatic amines is 1. The summed E-state index contributed by atoms with van der Waals surface area (Å²) in [6.07, 6.45) is 4.19. The molecule has 7 nitrogen and oxygen atoms in total. The zero-order valence-electron chi connectivity index (χ0n) is 22.9. The lowest BCUT2D eigenvalue weighted by Crippen LogP contribution is -2.48. The van der Waals surface area contributed by atoms with Gasteiger partial charge < -0.3 is 20.1 Å². The molecule has 0 spiro atoms. The second-order valence-corrected chi connectivity index (χ2v) is 10.9. The minimum absolute atomic E-state index is 0.0875. The Morgan fingerprint density at radius 2 is 1.69 bits per heavy atom. The monoisotopic (exact) mass is 563 g/mol. The van der Waals surface area contributed by atoms with E-state index in [0.717, 1.165) is 33.3 Å². The highest BCUT2D eigenvalue weighted by molar-refractivity contribution is 5.89. The fourth-order valence-corrected chi connectivity index (χ4v) is 5.92. The van der Waals surface area contributed by atoms with Gasteiger partial charge in [0.05, 0.1) is 11.8 Å². The Labute approximate surface area is 242 Å². The van der Waals surface area contributed by atoms with Gasteiger partial charge in [0, 0.05) is 53.2 Å². The summed E-state index contributed by atoms with van der Waals surface area (Å²) in [6, 6.07) is 23.0. The van der Waals surface area contributed by atoms with E-state index in [-0.39, 0.29) is 50.4 Å². The average Bonchev–Trinajstić information content (AvgIpc) is 3.43. The number of phenolic OH excluding ortho intramolecular Hbond substituents is 1. The van der Waals surface area contributed by atoms with Crippen LogP contribution in [-0.2, 0) is 22.4 Å². The second-order valence-electron chi connectivity index (χ2n) is 10.9. The maximum Gasteiger partial charge on any atom is 0.310 e. The summed E-state index contributed by atoms with van der Waals surface area (Å²) >= 11 is 0. The van der Waals surface area contributed by atoms with Gasteiger partial charge in [0.25, 0.3) is 0 Å². The first-order valence-electron chi connectivity index (χ1n) is 13.9. The molecule has 0 radical (unpaired) electrons. The largest absolute Gasteiger partial charge is 0.507 e. The number of fused-ring (bicyclic) bond motifs is 1. The number of aliphatic carboxylic acids is 1. The van der Waals surface area contributed by atoms with E-state index in [4.69, 9.17) is 0 Å². The molecule has 3 aromatic carbocycles. The first kappa shape index (κ1) is 27.2. The molecule has 1 aliphatic heterocycles. The predicted octanol–water partition coefficient (Wildman–Crippen LogP) is 6.22. The van der Waals surface area contributed by atoms with Gasteiger partial charge in [-0.15, -0.1) is 0 Å². The number of rotatable bonds is 7. The molecule has 0 aliphatic carbocycles. The molecule has 2 aromatic heterocycles. The van der Waals surface area contributed by atoms with Crippen LogP contribution in [0.4, 0.5) is 4.39 Å². The number of carboxylic acid groups (broad SMARTS) is 1. The number of halogens is 1. The molecule has 1 amide bonds. The number of phenols is 1. The van der Waals surface area contributed by atoms with Crippen molar-refractivity contribution in [1.29, 1.82) is 0 Å². The number of carbonyl (C=O) groups excluding carboxylic acids is 1. The average molecular weight is 564 g/mol. The highest BCUT2D eigenvalue weighted by Crippen LogP contribution is 2.38. The number of carbonyl (C=O) groups is 2. The third-order valence-corrected chi connectivity index (χ3v) is 8.39. The van der Waals surface area contributed by atoms with Gasteiger partial charge in [-0.25, -0.2) is 4.39 Å². The molecule has 1 aliphatic rings. The first-order chi connectivity index (χ1) is 20.3. The molecule has 3 heterocycles. The van der Waals surface area contributed by atoms with Crippen molar-refractivity contribution < 1.29 is 24.2 Å². The van der Waals surface area contributed by atoms with Crippen molar-refractivity contribution in [2.24, 2.45) is 5.41 Å². The van der Waals surface area contributed by atoms with E-state index >= 15 is 0 Å². The van der Waals surface area contributed by atoms with Crippen LogP contribution in [-0.4, -0.2) is 50.0 Å². The molecular weight excluding hydrogens is 533 g/mol. The van der Waals surface area contributed by atoms with E-state index < -0.39 is 17.2 Å². The SMILES string of the molecule is O=C(Cc1ccc(-c2ccccc2O)cc1-c1cc2cnccc2[nH]1)N1CCC(Cc2ccccc2F)(C(=O)O)CC1. The van der Waals surface area contributed by atoms with Gasteiger partial charge in [-0.05, 0) is 66.3 Å². The number of pyridine rings is 1. The van der Waals surface area contributed by atoms with Gasteiger partial charge in [-0.2, -0.15) is 0 Å². The molecule has 212 valence electrons. The fourth-order valence-electron chi connectivity index (χ4n) is 5.92. The van der Waals surface area contributed by atoms with E-state index in [9.17, 15) is 24.2 Å². The minimum atomic E-state index is -1.12. The van der Waals surface area contributed by atoms with Crippen LogP contribution < -0.4 is 0 Å². The summed E-state index contributed by atoms with van der Waals surface area (Å²) < 4.78 is 14.4. The number of hydrogen-bond donors (Lipinski definition) is 3. The highest BCUT2D eigenvalue weighted by Gasteiger charge is 2.43. The number of nitrogens with zero attached hydrogens (tertiary/aromatic N) is 2. The minimum Gasteiger partial charge on any atom is -0.507 e. The smallest absolute Gasteiger partial charge is 0.310 e. The zero-order chi connectivity index (χ0) is 29.3. The number of likely N-dealkylation sites (tertiary alicyclic amines) is 1. The van der Waals surface area contributed by atoms with Gasteiger partial charge in [-0.3, -0.25) is 14.6 Å². The molecule has 0 saturated carbocycles. The number of H-pyrrole nitrogens is 1. The summed E-state index contributed by atoms with van der Waals surface area (Å²) in [4.78, 5) is 35.3. The maximum absolute atomic E-state index is 14.4. The molecule has 0 atom stereocenters. The van der Waals surface area contributed by atoms with Crippen molar-refractivity contribution in [3.05, 3.63) is 108 Å². The van der Waals surface area contributed by atoms with Crippen molar-refractivity contribution in [3.63, 3.8) is 0 Å². The van der Waals surface area contributed by atoms with E-state index in [2.05, 4.69) is 9.97 Å². The van der Waals surface area contributed by atoms with Gasteiger partial charge >= 0.3 is 5.97 Å². The third-order valence-electron chi connectivity index (χ3n) is 8.39. The standard InChI is InChI=1S/C34H30FN3O4/c35-28-7-3-1-5-24(28)20-34(33(41)42)12-15-38(16-13-34)32(40)19-23-10-9-22(26-6-2-4-8-31(26)39)17-27(23)30-18-25-21-36-14-11-29(25)37-30/h1-11,14,17-18,21,37,39H,12-13,15-16,19-20H2,(H,41,42). The fraction of sp³-hybridized carbons (Fsp3) is 0.206. The summed E-state index contributed by atoms with van der Waals surface area (Å²) in [7, 11) is 0. The van der Waals surface area contributed by atoms with Gasteiger partial charge in [0.15, 0.2) is 0 Å². The molecule has 0 unspecified atom stereocenters. The number of benzene rings is 3. The molecule has 8 heteroatoms. The quantitative estimate of drug-likeness (QED) is 0.218.